The Morgan fingerprint density at radius 1 is 1.10 bits per heavy atom. The van der Waals surface area contributed by atoms with Crippen molar-refractivity contribution >= 4 is 34.6 Å². The molecule has 9 heteroatoms. The van der Waals surface area contributed by atoms with Crippen LogP contribution in [0.4, 0.5) is 4.79 Å². The molecule has 2 aromatic heterocycles. The smallest absolute Gasteiger partial charge is 0.321 e. The average molecular weight is 435 g/mol. The predicted octanol–water partition coefficient (Wildman–Crippen LogP) is 3.66. The van der Waals surface area contributed by atoms with Crippen molar-refractivity contribution < 1.29 is 9.59 Å². The minimum absolute atomic E-state index is 0.405. The van der Waals surface area contributed by atoms with Crippen molar-refractivity contribution in [3.63, 3.8) is 0 Å². The van der Waals surface area contributed by atoms with Crippen LogP contribution in [0.25, 0.3) is 28.0 Å². The third-order valence-corrected chi connectivity index (χ3v) is 5.98. The third kappa shape index (κ3) is 4.04. The minimum Gasteiger partial charge on any atom is -0.360 e. The van der Waals surface area contributed by atoms with Gasteiger partial charge in [0.15, 0.2) is 11.0 Å². The summed E-state index contributed by atoms with van der Waals surface area (Å²) < 4.78 is 1.96. The highest BCUT2D eigenvalue weighted by Crippen LogP contribution is 2.34. The van der Waals surface area contributed by atoms with E-state index in [9.17, 15) is 9.59 Å². The van der Waals surface area contributed by atoms with Crippen LogP contribution in [-0.2, 0) is 4.79 Å². The van der Waals surface area contributed by atoms with Crippen LogP contribution in [0.15, 0.2) is 59.9 Å². The summed E-state index contributed by atoms with van der Waals surface area (Å²) in [5.41, 5.74) is 3.90. The maximum atomic E-state index is 12.4. The van der Waals surface area contributed by atoms with Crippen LogP contribution in [0.1, 0.15) is 12.5 Å². The molecule has 8 nitrogen and oxygen atoms in total. The zero-order valence-corrected chi connectivity index (χ0v) is 18.2. The topological polar surface area (TPSA) is 105 Å². The maximum absolute atomic E-state index is 12.4. The normalized spacial score (nSPS) is 12.0. The van der Waals surface area contributed by atoms with E-state index in [-0.39, 0.29) is 0 Å². The van der Waals surface area contributed by atoms with E-state index in [1.165, 1.54) is 18.8 Å². The molecule has 0 aliphatic carbocycles. The molecule has 3 amide bonds. The van der Waals surface area contributed by atoms with Crippen LogP contribution in [0.3, 0.4) is 0 Å². The Morgan fingerprint density at radius 2 is 1.84 bits per heavy atom. The maximum Gasteiger partial charge on any atom is 0.321 e. The number of hydrogen-bond acceptors (Lipinski definition) is 5. The van der Waals surface area contributed by atoms with Gasteiger partial charge in [-0.15, -0.1) is 10.2 Å². The molecule has 3 N–H and O–H groups in total. The number of carbonyl (C=O) groups excluding carboxylic acids is 2. The molecule has 0 fully saturated rings. The lowest BCUT2D eigenvalue weighted by atomic mass is 10.1. The molecule has 0 aliphatic heterocycles. The Bertz CT molecular complexity index is 1260. The number of urea groups is 1. The summed E-state index contributed by atoms with van der Waals surface area (Å²) >= 11 is 1.24. The number of aromatic amines is 1. The zero-order valence-electron chi connectivity index (χ0n) is 17.3. The number of carbonyl (C=O) groups is 2. The SMILES string of the molecule is CNC(=O)NC(=O)C(C)Sc1nnc(-c2c[nH]c3ccccc23)n1-c1ccccc1C. The first-order chi connectivity index (χ1) is 15.0. The zero-order chi connectivity index (χ0) is 22.0. The Balaban J connectivity index is 1.79. The number of rotatable bonds is 5. The van der Waals surface area contributed by atoms with Gasteiger partial charge in [-0.1, -0.05) is 48.2 Å². The fraction of sp³-hybridized carbons (Fsp3) is 0.182. The summed E-state index contributed by atoms with van der Waals surface area (Å²) in [4.78, 5) is 27.2. The summed E-state index contributed by atoms with van der Waals surface area (Å²) in [6.07, 6.45) is 1.92. The van der Waals surface area contributed by atoms with E-state index in [1.54, 1.807) is 6.92 Å². The van der Waals surface area contributed by atoms with Gasteiger partial charge in [-0.2, -0.15) is 0 Å². The quantitative estimate of drug-likeness (QED) is 0.416. The number of para-hydroxylation sites is 2. The number of imide groups is 1. The highest BCUT2D eigenvalue weighted by atomic mass is 32.2. The highest BCUT2D eigenvalue weighted by Gasteiger charge is 2.24. The molecule has 0 aliphatic rings. The number of thioether (sulfide) groups is 1. The van der Waals surface area contributed by atoms with Crippen LogP contribution >= 0.6 is 11.8 Å². The number of H-pyrrole nitrogens is 1. The summed E-state index contributed by atoms with van der Waals surface area (Å²) in [6.45, 7) is 3.75. The molecule has 0 spiro atoms. The lowest BCUT2D eigenvalue weighted by molar-refractivity contribution is -0.119. The molecule has 2 aromatic carbocycles. The van der Waals surface area contributed by atoms with Gasteiger partial charge in [0, 0.05) is 29.7 Å². The fourth-order valence-corrected chi connectivity index (χ4v) is 4.16. The molecule has 0 saturated heterocycles. The largest absolute Gasteiger partial charge is 0.360 e. The molecule has 0 saturated carbocycles. The first kappa shape index (κ1) is 20.7. The predicted molar refractivity (Wildman–Crippen MR) is 121 cm³/mol. The number of hydrogen-bond donors (Lipinski definition) is 3. The number of nitrogens with one attached hydrogen (secondary N) is 3. The van der Waals surface area contributed by atoms with Crippen LogP contribution < -0.4 is 10.6 Å². The summed E-state index contributed by atoms with van der Waals surface area (Å²) in [5, 5.41) is 14.6. The van der Waals surface area contributed by atoms with Gasteiger partial charge in [-0.25, -0.2) is 4.79 Å². The molecular weight excluding hydrogens is 412 g/mol. The molecular formula is C22H22N6O2S. The van der Waals surface area contributed by atoms with Gasteiger partial charge in [-0.05, 0) is 31.5 Å². The Labute approximate surface area is 183 Å². The summed E-state index contributed by atoms with van der Waals surface area (Å²) in [5.74, 6) is 0.269. The fourth-order valence-electron chi connectivity index (χ4n) is 3.30. The van der Waals surface area contributed by atoms with E-state index in [2.05, 4.69) is 25.8 Å². The van der Waals surface area contributed by atoms with Crippen molar-refractivity contribution in [2.24, 2.45) is 0 Å². The Kier molecular flexibility index (Phi) is 5.77. The lowest BCUT2D eigenvalue weighted by Crippen LogP contribution is -2.41. The van der Waals surface area contributed by atoms with E-state index in [1.807, 2.05) is 66.2 Å². The minimum atomic E-state index is -0.555. The average Bonchev–Trinajstić information content (AvgIpc) is 3.37. The molecule has 2 heterocycles. The van der Waals surface area contributed by atoms with Crippen LogP contribution in [0.2, 0.25) is 0 Å². The first-order valence-electron chi connectivity index (χ1n) is 9.76. The van der Waals surface area contributed by atoms with Crippen molar-refractivity contribution in [3.05, 3.63) is 60.3 Å². The molecule has 0 radical (unpaired) electrons. The second kappa shape index (κ2) is 8.65. The Hall–Kier alpha value is -3.59. The van der Waals surface area contributed by atoms with Gasteiger partial charge in [-0.3, -0.25) is 14.7 Å². The van der Waals surface area contributed by atoms with Crippen LogP contribution in [0, 0.1) is 6.92 Å². The number of amides is 3. The molecule has 31 heavy (non-hydrogen) atoms. The molecule has 1 atom stereocenters. The number of aromatic nitrogens is 4. The van der Waals surface area contributed by atoms with Crippen LogP contribution in [-0.4, -0.2) is 44.0 Å². The summed E-state index contributed by atoms with van der Waals surface area (Å²) in [6, 6.07) is 15.4. The van der Waals surface area contributed by atoms with Gasteiger partial charge >= 0.3 is 6.03 Å². The van der Waals surface area contributed by atoms with Crippen molar-refractivity contribution in [1.29, 1.82) is 0 Å². The second-order valence-electron chi connectivity index (χ2n) is 7.00. The van der Waals surface area contributed by atoms with E-state index >= 15 is 0 Å². The van der Waals surface area contributed by atoms with Gasteiger partial charge in [0.1, 0.15) is 0 Å². The van der Waals surface area contributed by atoms with Crippen molar-refractivity contribution in [2.45, 2.75) is 24.3 Å². The third-order valence-electron chi connectivity index (χ3n) is 4.94. The van der Waals surface area contributed by atoms with Gasteiger partial charge < -0.3 is 10.3 Å². The highest BCUT2D eigenvalue weighted by molar-refractivity contribution is 8.00. The molecule has 4 rings (SSSR count). The number of aryl methyl sites for hydroxylation is 1. The van der Waals surface area contributed by atoms with Gasteiger partial charge in [0.25, 0.3) is 0 Å². The van der Waals surface area contributed by atoms with Crippen molar-refractivity contribution in [2.75, 3.05) is 7.05 Å². The number of fused-ring (bicyclic) bond motifs is 1. The van der Waals surface area contributed by atoms with Crippen molar-refractivity contribution in [1.82, 2.24) is 30.4 Å². The standard InChI is InChI=1S/C22H22N6O2S/c1-13-8-4-7-11-18(13)28-19(16-12-24-17-10-6-5-9-15(16)17)26-27-22(28)31-14(2)20(29)25-21(30)23-3/h4-12,14,24H,1-3H3,(H2,23,25,29,30). The van der Waals surface area contributed by atoms with E-state index < -0.39 is 17.2 Å². The number of benzene rings is 2. The molecule has 158 valence electrons. The van der Waals surface area contributed by atoms with E-state index in [4.69, 9.17) is 0 Å². The van der Waals surface area contributed by atoms with E-state index in [0.717, 1.165) is 27.7 Å². The monoisotopic (exact) mass is 434 g/mol. The lowest BCUT2D eigenvalue weighted by Gasteiger charge is -2.15. The number of nitrogens with zero attached hydrogens (tertiary/aromatic N) is 3. The van der Waals surface area contributed by atoms with Gasteiger partial charge in [0.2, 0.25) is 5.91 Å². The Morgan fingerprint density at radius 3 is 2.61 bits per heavy atom. The van der Waals surface area contributed by atoms with Crippen molar-refractivity contribution in [3.8, 4) is 17.1 Å². The molecule has 1 unspecified atom stereocenters. The second-order valence-corrected chi connectivity index (χ2v) is 8.31. The van der Waals surface area contributed by atoms with Crippen LogP contribution in [0.5, 0.6) is 0 Å². The van der Waals surface area contributed by atoms with E-state index in [0.29, 0.717) is 11.0 Å². The van der Waals surface area contributed by atoms with Gasteiger partial charge in [0.05, 0.1) is 10.9 Å². The summed E-state index contributed by atoms with van der Waals surface area (Å²) in [7, 11) is 1.46. The molecule has 4 aromatic rings. The molecule has 0 bridgehead atoms. The first-order valence-corrected chi connectivity index (χ1v) is 10.6.